The van der Waals surface area contributed by atoms with Crippen molar-refractivity contribution in [2.24, 2.45) is 0 Å². The molecule has 0 spiro atoms. The van der Waals surface area contributed by atoms with Gasteiger partial charge in [0.1, 0.15) is 18.0 Å². The molecule has 0 saturated carbocycles. The fraction of sp³-hybridized carbons (Fsp3) is 0.533. The summed E-state index contributed by atoms with van der Waals surface area (Å²) < 4.78 is 7.13. The Bertz CT molecular complexity index is 603. The van der Waals surface area contributed by atoms with Gasteiger partial charge in [0.2, 0.25) is 5.91 Å². The molecule has 0 aromatic carbocycles. The smallest absolute Gasteiger partial charge is 0.242 e. The number of carbonyl (C=O) groups is 1. The Morgan fingerprint density at radius 3 is 2.76 bits per heavy atom. The predicted octanol–water partition coefficient (Wildman–Crippen LogP) is 1.62. The first-order valence-corrected chi connectivity index (χ1v) is 7.38. The number of aromatic nitrogens is 3. The Labute approximate surface area is 124 Å². The second-order valence-electron chi connectivity index (χ2n) is 4.63. The van der Waals surface area contributed by atoms with E-state index in [1.54, 1.807) is 6.20 Å². The number of amides is 1. The zero-order valence-electron chi connectivity index (χ0n) is 12.9. The highest BCUT2D eigenvalue weighted by Gasteiger charge is 2.17. The van der Waals surface area contributed by atoms with Crippen LogP contribution in [0.4, 0.5) is 0 Å². The summed E-state index contributed by atoms with van der Waals surface area (Å²) in [5, 5.41) is 0.959. The molecule has 3 rings (SSSR count). The van der Waals surface area contributed by atoms with Crippen LogP contribution in [0.25, 0.3) is 11.0 Å². The van der Waals surface area contributed by atoms with Crippen molar-refractivity contribution in [3.05, 3.63) is 24.3 Å². The lowest BCUT2D eigenvalue weighted by Gasteiger charge is -2.27. The topological polar surface area (TPSA) is 60.2 Å². The molecule has 2 aromatic heterocycles. The Morgan fingerprint density at radius 1 is 1.33 bits per heavy atom. The summed E-state index contributed by atoms with van der Waals surface area (Å²) in [5.74, 6) is 0.823. The van der Waals surface area contributed by atoms with Gasteiger partial charge < -0.3 is 14.2 Å². The molecule has 3 heterocycles. The average molecular weight is 290 g/mol. The Hall–Kier alpha value is -1.95. The second kappa shape index (κ2) is 7.17. The molecule has 0 atom stereocenters. The highest BCUT2D eigenvalue weighted by Crippen LogP contribution is 2.13. The van der Waals surface area contributed by atoms with Crippen molar-refractivity contribution in [3.8, 4) is 0 Å². The zero-order chi connectivity index (χ0) is 15.2. The number of nitrogens with zero attached hydrogens (tertiary/aromatic N) is 4. The van der Waals surface area contributed by atoms with Gasteiger partial charge >= 0.3 is 0 Å². The molecule has 6 heteroatoms. The Morgan fingerprint density at radius 2 is 2.05 bits per heavy atom. The van der Waals surface area contributed by atoms with E-state index in [2.05, 4.69) is 9.97 Å². The molecule has 1 saturated heterocycles. The lowest BCUT2D eigenvalue weighted by molar-refractivity contribution is -0.135. The third-order valence-corrected chi connectivity index (χ3v) is 3.29. The van der Waals surface area contributed by atoms with Crippen molar-refractivity contribution < 1.29 is 9.53 Å². The van der Waals surface area contributed by atoms with Crippen molar-refractivity contribution in [1.29, 1.82) is 0 Å². The zero-order valence-corrected chi connectivity index (χ0v) is 12.9. The van der Waals surface area contributed by atoms with Gasteiger partial charge in [0.25, 0.3) is 0 Å². The molecule has 1 amide bonds. The number of fused-ring (bicyclic) bond motifs is 1. The molecule has 0 bridgehead atoms. The van der Waals surface area contributed by atoms with Crippen molar-refractivity contribution >= 4 is 16.9 Å². The standard InChI is InChI=1S/C13H16N4O2.C2H6/c1-10-14-8-11-2-3-17(13(11)15-10)9-12(18)16-4-6-19-7-5-16;1-2/h2-3,8H,4-7,9H2,1H3;1-2H3. The van der Waals surface area contributed by atoms with Gasteiger partial charge in [0.15, 0.2) is 0 Å². The second-order valence-corrected chi connectivity index (χ2v) is 4.63. The van der Waals surface area contributed by atoms with E-state index >= 15 is 0 Å². The van der Waals surface area contributed by atoms with Gasteiger partial charge in [0.05, 0.1) is 13.2 Å². The number of hydrogen-bond donors (Lipinski definition) is 0. The molecule has 1 aliphatic rings. The molecule has 6 nitrogen and oxygen atoms in total. The molecule has 0 N–H and O–H groups in total. The number of hydrogen-bond acceptors (Lipinski definition) is 4. The minimum absolute atomic E-state index is 0.108. The van der Waals surface area contributed by atoms with Crippen LogP contribution in [0.2, 0.25) is 0 Å². The summed E-state index contributed by atoms with van der Waals surface area (Å²) in [7, 11) is 0. The van der Waals surface area contributed by atoms with Gasteiger partial charge in [-0.25, -0.2) is 9.97 Å². The first-order valence-electron chi connectivity index (χ1n) is 7.38. The van der Waals surface area contributed by atoms with Crippen LogP contribution in [-0.4, -0.2) is 51.6 Å². The van der Waals surface area contributed by atoms with Crippen LogP contribution in [-0.2, 0) is 16.1 Å². The van der Waals surface area contributed by atoms with Crippen LogP contribution in [0, 0.1) is 6.92 Å². The molecule has 0 radical (unpaired) electrons. The summed E-state index contributed by atoms with van der Waals surface area (Å²) in [6, 6.07) is 1.93. The van der Waals surface area contributed by atoms with Gasteiger partial charge in [-0.05, 0) is 13.0 Å². The normalized spacial score (nSPS) is 14.7. The Balaban J connectivity index is 0.000000774. The van der Waals surface area contributed by atoms with Gasteiger partial charge in [-0.3, -0.25) is 4.79 Å². The van der Waals surface area contributed by atoms with Crippen molar-refractivity contribution in [3.63, 3.8) is 0 Å². The van der Waals surface area contributed by atoms with Crippen molar-refractivity contribution in [1.82, 2.24) is 19.4 Å². The Kier molecular flexibility index (Phi) is 5.27. The predicted molar refractivity (Wildman–Crippen MR) is 81.0 cm³/mol. The van der Waals surface area contributed by atoms with Gasteiger partial charge in [0, 0.05) is 30.9 Å². The average Bonchev–Trinajstić information content (AvgIpc) is 2.92. The molecule has 2 aromatic rings. The maximum absolute atomic E-state index is 12.2. The van der Waals surface area contributed by atoms with Crippen LogP contribution >= 0.6 is 0 Å². The van der Waals surface area contributed by atoms with Crippen LogP contribution < -0.4 is 0 Å². The summed E-state index contributed by atoms with van der Waals surface area (Å²) >= 11 is 0. The van der Waals surface area contributed by atoms with Gasteiger partial charge in [-0.2, -0.15) is 0 Å². The lowest BCUT2D eigenvalue weighted by Crippen LogP contribution is -2.42. The molecular weight excluding hydrogens is 268 g/mol. The number of ether oxygens (including phenoxy) is 1. The van der Waals surface area contributed by atoms with Crippen molar-refractivity contribution in [2.45, 2.75) is 27.3 Å². The monoisotopic (exact) mass is 290 g/mol. The summed E-state index contributed by atoms with van der Waals surface area (Å²) in [5.41, 5.74) is 0.814. The molecule has 1 fully saturated rings. The van der Waals surface area contributed by atoms with E-state index in [1.165, 1.54) is 0 Å². The third-order valence-electron chi connectivity index (χ3n) is 3.29. The van der Waals surface area contributed by atoms with Gasteiger partial charge in [-0.1, -0.05) is 13.8 Å². The molecular formula is C15H22N4O2. The fourth-order valence-electron chi connectivity index (χ4n) is 2.24. The largest absolute Gasteiger partial charge is 0.378 e. The number of carbonyl (C=O) groups excluding carboxylic acids is 1. The van der Waals surface area contributed by atoms with E-state index in [0.717, 1.165) is 11.0 Å². The SMILES string of the molecule is CC.Cc1ncc2ccn(CC(=O)N3CCOCC3)c2n1. The molecule has 114 valence electrons. The number of morpholine rings is 1. The minimum atomic E-state index is 0.108. The molecule has 0 unspecified atom stereocenters. The summed E-state index contributed by atoms with van der Waals surface area (Å²) in [6.45, 7) is 8.76. The minimum Gasteiger partial charge on any atom is -0.378 e. The highest BCUT2D eigenvalue weighted by atomic mass is 16.5. The first kappa shape index (κ1) is 15.4. The van der Waals surface area contributed by atoms with E-state index in [-0.39, 0.29) is 5.91 Å². The number of rotatable bonds is 2. The quantitative estimate of drug-likeness (QED) is 0.843. The van der Waals surface area contributed by atoms with Crippen LogP contribution in [0.5, 0.6) is 0 Å². The van der Waals surface area contributed by atoms with Crippen LogP contribution in [0.15, 0.2) is 18.5 Å². The van der Waals surface area contributed by atoms with Crippen LogP contribution in [0.3, 0.4) is 0 Å². The van der Waals surface area contributed by atoms with Gasteiger partial charge in [-0.15, -0.1) is 0 Å². The van der Waals surface area contributed by atoms with E-state index in [1.807, 2.05) is 42.5 Å². The molecule has 0 aliphatic carbocycles. The maximum atomic E-state index is 12.2. The maximum Gasteiger partial charge on any atom is 0.242 e. The van der Waals surface area contributed by atoms with Crippen LogP contribution in [0.1, 0.15) is 19.7 Å². The molecule has 1 aliphatic heterocycles. The summed E-state index contributed by atoms with van der Waals surface area (Å²) in [6.07, 6.45) is 3.67. The van der Waals surface area contributed by atoms with E-state index in [4.69, 9.17) is 4.74 Å². The lowest BCUT2D eigenvalue weighted by atomic mass is 10.4. The van der Waals surface area contributed by atoms with Crippen molar-refractivity contribution in [2.75, 3.05) is 26.3 Å². The first-order chi connectivity index (χ1) is 10.2. The van der Waals surface area contributed by atoms with E-state index in [0.29, 0.717) is 38.7 Å². The third kappa shape index (κ3) is 3.58. The van der Waals surface area contributed by atoms with E-state index in [9.17, 15) is 4.79 Å². The number of aryl methyl sites for hydroxylation is 1. The fourth-order valence-corrected chi connectivity index (χ4v) is 2.24. The summed E-state index contributed by atoms with van der Waals surface area (Å²) in [4.78, 5) is 22.6. The van der Waals surface area contributed by atoms with E-state index < -0.39 is 0 Å². The molecule has 21 heavy (non-hydrogen) atoms. The highest BCUT2D eigenvalue weighted by molar-refractivity contribution is 5.80.